The second kappa shape index (κ2) is 8.57. The minimum Gasteiger partial charge on any atom is -0.460 e. The number of aryl methyl sites for hydroxylation is 1. The third-order valence-corrected chi connectivity index (χ3v) is 8.31. The maximum absolute atomic E-state index is 6.24. The van der Waals surface area contributed by atoms with Gasteiger partial charge in [0.2, 0.25) is 0 Å². The molecule has 0 spiro atoms. The van der Waals surface area contributed by atoms with Gasteiger partial charge in [0.25, 0.3) is 0 Å². The third-order valence-electron chi connectivity index (χ3n) is 8.31. The van der Waals surface area contributed by atoms with Crippen LogP contribution in [0, 0.1) is 0 Å². The summed E-state index contributed by atoms with van der Waals surface area (Å²) in [6.45, 7) is 0. The number of hydrogen-bond donors (Lipinski definition) is 0. The van der Waals surface area contributed by atoms with Crippen molar-refractivity contribution in [3.05, 3.63) is 127 Å². The predicted molar refractivity (Wildman–Crippen MR) is 166 cm³/mol. The normalized spacial score (nSPS) is 13.1. The van der Waals surface area contributed by atoms with Crippen LogP contribution in [0.4, 0.5) is 0 Å². The van der Waals surface area contributed by atoms with Crippen molar-refractivity contribution < 1.29 is 8.83 Å². The molecular weight excluding hydrogens is 504 g/mol. The molecule has 0 unspecified atom stereocenters. The van der Waals surface area contributed by atoms with Crippen molar-refractivity contribution in [2.45, 2.75) is 12.8 Å². The number of nitrogens with zero attached hydrogens (tertiary/aromatic N) is 2. The third kappa shape index (κ3) is 3.57. The lowest BCUT2D eigenvalue weighted by Gasteiger charge is -2.06. The molecule has 41 heavy (non-hydrogen) atoms. The first-order valence-electron chi connectivity index (χ1n) is 14.0. The minimum atomic E-state index is 0.863. The van der Waals surface area contributed by atoms with Crippen LogP contribution in [-0.4, -0.2) is 9.38 Å². The van der Waals surface area contributed by atoms with E-state index in [0.29, 0.717) is 0 Å². The molecule has 194 valence electrons. The maximum atomic E-state index is 6.24. The molecule has 0 saturated carbocycles. The second-order valence-electron chi connectivity index (χ2n) is 10.8. The fourth-order valence-electron chi connectivity index (χ4n) is 6.16. The molecular formula is C37H24N2O2. The van der Waals surface area contributed by atoms with Gasteiger partial charge in [-0.15, -0.1) is 0 Å². The van der Waals surface area contributed by atoms with Crippen molar-refractivity contribution in [3.8, 4) is 33.5 Å². The lowest BCUT2D eigenvalue weighted by atomic mass is 9.98. The molecule has 4 aromatic heterocycles. The van der Waals surface area contributed by atoms with E-state index >= 15 is 0 Å². The monoisotopic (exact) mass is 528 g/mol. The summed E-state index contributed by atoms with van der Waals surface area (Å²) in [5.74, 6) is 1.07. The van der Waals surface area contributed by atoms with Gasteiger partial charge in [0.1, 0.15) is 28.2 Å². The van der Waals surface area contributed by atoms with Gasteiger partial charge in [0.15, 0.2) is 0 Å². The van der Waals surface area contributed by atoms with Gasteiger partial charge in [-0.3, -0.25) is 0 Å². The van der Waals surface area contributed by atoms with Gasteiger partial charge in [0, 0.05) is 52.2 Å². The van der Waals surface area contributed by atoms with E-state index in [2.05, 4.69) is 91.1 Å². The molecule has 0 radical (unpaired) electrons. The highest BCUT2D eigenvalue weighted by atomic mass is 16.3. The zero-order chi connectivity index (χ0) is 26.9. The smallest absolute Gasteiger partial charge is 0.139 e. The van der Waals surface area contributed by atoms with Crippen LogP contribution >= 0.6 is 0 Å². The van der Waals surface area contributed by atoms with E-state index in [9.17, 15) is 0 Å². The lowest BCUT2D eigenvalue weighted by molar-refractivity contribution is 0.546. The summed E-state index contributed by atoms with van der Waals surface area (Å²) in [6, 6.07) is 34.2. The molecule has 0 atom stereocenters. The van der Waals surface area contributed by atoms with Gasteiger partial charge in [-0.05, 0) is 59.0 Å². The number of aromatic nitrogens is 2. The molecule has 0 N–H and O–H groups in total. The number of allylic oxidation sites excluding steroid dienone is 1. The first kappa shape index (κ1) is 22.5. The summed E-state index contributed by atoms with van der Waals surface area (Å²) < 4.78 is 14.4. The van der Waals surface area contributed by atoms with Crippen molar-refractivity contribution in [2.24, 2.45) is 0 Å². The summed E-state index contributed by atoms with van der Waals surface area (Å²) in [4.78, 5) is 4.75. The molecule has 0 aliphatic heterocycles. The van der Waals surface area contributed by atoms with Gasteiger partial charge in [-0.25, -0.2) is 4.98 Å². The predicted octanol–water partition coefficient (Wildman–Crippen LogP) is 9.94. The number of pyridine rings is 1. The molecule has 0 saturated heterocycles. The Morgan fingerprint density at radius 3 is 2.12 bits per heavy atom. The van der Waals surface area contributed by atoms with E-state index in [4.69, 9.17) is 13.8 Å². The van der Waals surface area contributed by atoms with E-state index in [1.807, 2.05) is 34.9 Å². The Hall–Kier alpha value is -5.35. The minimum absolute atomic E-state index is 0.863. The molecule has 4 nitrogen and oxygen atoms in total. The number of benzene rings is 4. The maximum Gasteiger partial charge on any atom is 0.139 e. The van der Waals surface area contributed by atoms with Crippen LogP contribution in [0.1, 0.15) is 17.7 Å². The molecule has 0 fully saturated rings. The van der Waals surface area contributed by atoms with Gasteiger partial charge in [-0.2, -0.15) is 0 Å². The highest BCUT2D eigenvalue weighted by Gasteiger charge is 2.18. The summed E-state index contributed by atoms with van der Waals surface area (Å²) in [5.41, 5.74) is 11.6. The van der Waals surface area contributed by atoms with E-state index in [1.165, 1.54) is 27.8 Å². The highest BCUT2D eigenvalue weighted by Crippen LogP contribution is 2.39. The van der Waals surface area contributed by atoms with E-state index in [0.717, 1.165) is 68.4 Å². The van der Waals surface area contributed by atoms with Crippen molar-refractivity contribution in [2.75, 3.05) is 0 Å². The van der Waals surface area contributed by atoms with Gasteiger partial charge < -0.3 is 13.2 Å². The standard InChI is InChI=1S/C37H24N2O2/c1-2-6-33-28(5-1)30-20-31-29-19-27(16-17-34(29)41-36(31)21-35(30)40-33)25-10-8-23(9-11-25)24-12-14-26(15-13-24)32-22-39-18-4-3-7-37(39)38-32/h1,3-5,7-22H,2,6H2. The highest BCUT2D eigenvalue weighted by molar-refractivity contribution is 6.11. The molecule has 8 aromatic rings. The first-order valence-corrected chi connectivity index (χ1v) is 14.0. The zero-order valence-electron chi connectivity index (χ0n) is 22.2. The summed E-state index contributed by atoms with van der Waals surface area (Å²) >= 11 is 0. The fourth-order valence-corrected chi connectivity index (χ4v) is 6.16. The molecule has 4 heteroatoms. The zero-order valence-corrected chi connectivity index (χ0v) is 22.2. The van der Waals surface area contributed by atoms with Crippen LogP contribution in [0.15, 0.2) is 124 Å². The van der Waals surface area contributed by atoms with Crippen LogP contribution in [-0.2, 0) is 6.42 Å². The number of imidazole rings is 1. The SMILES string of the molecule is C1=Cc2c(oc3cc4oc5ccc(-c6ccc(-c7ccc(-c8cn9ccccc9n8)cc7)cc6)cc5c4cc23)CC1. The van der Waals surface area contributed by atoms with E-state index < -0.39 is 0 Å². The quantitative estimate of drug-likeness (QED) is 0.229. The summed E-state index contributed by atoms with van der Waals surface area (Å²) in [6.07, 6.45) is 10.5. The average molecular weight is 529 g/mol. The van der Waals surface area contributed by atoms with Crippen molar-refractivity contribution in [1.29, 1.82) is 0 Å². The van der Waals surface area contributed by atoms with Crippen molar-refractivity contribution >= 4 is 44.6 Å². The fraction of sp³-hybridized carbons (Fsp3) is 0.0541. The van der Waals surface area contributed by atoms with E-state index in [-0.39, 0.29) is 0 Å². The lowest BCUT2D eigenvalue weighted by Crippen LogP contribution is -1.88. The molecule has 1 aliphatic carbocycles. The van der Waals surface area contributed by atoms with E-state index in [1.54, 1.807) is 0 Å². The number of hydrogen-bond acceptors (Lipinski definition) is 3. The number of rotatable bonds is 3. The Balaban J connectivity index is 1.04. The average Bonchev–Trinajstić information content (AvgIpc) is 3.72. The molecule has 1 aliphatic rings. The molecule has 9 rings (SSSR count). The van der Waals surface area contributed by atoms with Gasteiger partial charge in [0.05, 0.1) is 5.69 Å². The topological polar surface area (TPSA) is 43.6 Å². The Morgan fingerprint density at radius 1 is 0.610 bits per heavy atom. The second-order valence-corrected chi connectivity index (χ2v) is 10.8. The number of fused-ring (bicyclic) bond motifs is 7. The van der Waals surface area contributed by atoms with Crippen LogP contribution in [0.3, 0.4) is 0 Å². The first-order chi connectivity index (χ1) is 20.3. The molecule has 0 amide bonds. The Bertz CT molecular complexity index is 2260. The number of furan rings is 2. The van der Waals surface area contributed by atoms with Gasteiger partial charge >= 0.3 is 0 Å². The van der Waals surface area contributed by atoms with Crippen molar-refractivity contribution in [3.63, 3.8) is 0 Å². The van der Waals surface area contributed by atoms with Gasteiger partial charge in [-0.1, -0.05) is 72.8 Å². The van der Waals surface area contributed by atoms with Crippen LogP contribution in [0.5, 0.6) is 0 Å². The van der Waals surface area contributed by atoms with Crippen LogP contribution < -0.4 is 0 Å². The molecule has 0 bridgehead atoms. The Kier molecular flexibility index (Phi) is 4.70. The summed E-state index contributed by atoms with van der Waals surface area (Å²) in [5, 5.41) is 3.41. The summed E-state index contributed by atoms with van der Waals surface area (Å²) in [7, 11) is 0. The Labute approximate surface area is 235 Å². The van der Waals surface area contributed by atoms with Crippen LogP contribution in [0.25, 0.3) is 78.1 Å². The Morgan fingerprint density at radius 2 is 1.32 bits per heavy atom. The van der Waals surface area contributed by atoms with Crippen molar-refractivity contribution in [1.82, 2.24) is 9.38 Å². The molecule has 4 aromatic carbocycles. The molecule has 4 heterocycles. The van der Waals surface area contributed by atoms with Crippen LogP contribution in [0.2, 0.25) is 0 Å². The largest absolute Gasteiger partial charge is 0.460 e.